The largest absolute Gasteiger partial charge is 0.497 e. The molecular weight excluding hydrogens is 260 g/mol. The van der Waals surface area contributed by atoms with Gasteiger partial charge in [0, 0.05) is 19.8 Å². The van der Waals surface area contributed by atoms with Gasteiger partial charge in [-0.05, 0) is 41.9 Å². The molecule has 0 aliphatic rings. The number of rotatable bonds is 6. The maximum atomic E-state index is 5.34. The molecule has 0 radical (unpaired) electrons. The minimum atomic E-state index is 0.171. The third-order valence-electron chi connectivity index (χ3n) is 3.56. The van der Waals surface area contributed by atoms with Gasteiger partial charge in [-0.25, -0.2) is 0 Å². The molecule has 3 heteroatoms. The van der Waals surface area contributed by atoms with Crippen LogP contribution in [0.4, 0.5) is 5.69 Å². The predicted molar refractivity (Wildman–Crippen MR) is 89.3 cm³/mol. The third-order valence-corrected chi connectivity index (χ3v) is 3.56. The van der Waals surface area contributed by atoms with Crippen LogP contribution in [0.25, 0.3) is 0 Å². The van der Waals surface area contributed by atoms with E-state index in [1.165, 1.54) is 16.8 Å². The van der Waals surface area contributed by atoms with E-state index in [1.807, 2.05) is 12.1 Å². The molecule has 0 spiro atoms. The van der Waals surface area contributed by atoms with Crippen LogP contribution in [0.5, 0.6) is 5.75 Å². The summed E-state index contributed by atoms with van der Waals surface area (Å²) in [5, 5.41) is 3.56. The molecule has 21 heavy (non-hydrogen) atoms. The summed E-state index contributed by atoms with van der Waals surface area (Å²) in [5.74, 6) is 0.888. The van der Waals surface area contributed by atoms with E-state index in [1.54, 1.807) is 7.11 Å². The Morgan fingerprint density at radius 2 is 1.71 bits per heavy atom. The normalized spacial score (nSPS) is 12.0. The van der Waals surface area contributed by atoms with Crippen LogP contribution in [-0.4, -0.2) is 27.7 Å². The molecule has 0 aliphatic heterocycles. The van der Waals surface area contributed by atoms with E-state index in [4.69, 9.17) is 4.74 Å². The zero-order valence-electron chi connectivity index (χ0n) is 13.3. The molecule has 1 unspecified atom stereocenters. The smallest absolute Gasteiger partial charge is 0.119 e. The lowest BCUT2D eigenvalue weighted by Crippen LogP contribution is -2.22. The fourth-order valence-electron chi connectivity index (χ4n) is 2.44. The van der Waals surface area contributed by atoms with E-state index >= 15 is 0 Å². The molecule has 0 aliphatic carbocycles. The first-order valence-corrected chi connectivity index (χ1v) is 7.30. The van der Waals surface area contributed by atoms with E-state index in [9.17, 15) is 0 Å². The van der Waals surface area contributed by atoms with Gasteiger partial charge in [0.15, 0.2) is 0 Å². The average Bonchev–Trinajstić information content (AvgIpc) is 2.52. The number of benzene rings is 2. The van der Waals surface area contributed by atoms with Gasteiger partial charge in [0.25, 0.3) is 0 Å². The molecule has 0 fully saturated rings. The van der Waals surface area contributed by atoms with Crippen molar-refractivity contribution in [1.29, 1.82) is 0 Å². The van der Waals surface area contributed by atoms with Gasteiger partial charge in [-0.3, -0.25) is 0 Å². The van der Waals surface area contributed by atoms with E-state index in [2.05, 4.69) is 67.6 Å². The molecule has 0 aromatic heterocycles. The van der Waals surface area contributed by atoms with Crippen LogP contribution in [-0.2, 0) is 0 Å². The monoisotopic (exact) mass is 284 g/mol. The number of nitrogens with zero attached hydrogens (tertiary/aromatic N) is 1. The summed E-state index contributed by atoms with van der Waals surface area (Å²) < 4.78 is 5.34. The highest BCUT2D eigenvalue weighted by atomic mass is 16.5. The van der Waals surface area contributed by atoms with Crippen LogP contribution in [0, 0.1) is 0 Å². The maximum Gasteiger partial charge on any atom is 0.119 e. The van der Waals surface area contributed by atoms with Gasteiger partial charge < -0.3 is 15.0 Å². The summed E-state index contributed by atoms with van der Waals surface area (Å²) in [4.78, 5) is 2.12. The van der Waals surface area contributed by atoms with Crippen molar-refractivity contribution in [2.45, 2.75) is 13.0 Å². The lowest BCUT2D eigenvalue weighted by Gasteiger charge is -2.21. The molecule has 2 aromatic carbocycles. The van der Waals surface area contributed by atoms with Crippen LogP contribution in [0.1, 0.15) is 24.1 Å². The zero-order chi connectivity index (χ0) is 15.2. The summed E-state index contributed by atoms with van der Waals surface area (Å²) in [6.45, 7) is 3.04. The summed E-state index contributed by atoms with van der Waals surface area (Å²) in [7, 11) is 5.83. The SMILES string of the molecule is CCNC(c1cccc(OC)c1)c1cccc(N(C)C)c1. The lowest BCUT2D eigenvalue weighted by molar-refractivity contribution is 0.413. The van der Waals surface area contributed by atoms with Crippen molar-refractivity contribution >= 4 is 5.69 Å². The van der Waals surface area contributed by atoms with Crippen molar-refractivity contribution < 1.29 is 4.74 Å². The van der Waals surface area contributed by atoms with E-state index in [0.29, 0.717) is 0 Å². The van der Waals surface area contributed by atoms with Crippen molar-refractivity contribution in [3.05, 3.63) is 59.7 Å². The fourth-order valence-corrected chi connectivity index (χ4v) is 2.44. The van der Waals surface area contributed by atoms with Crippen LogP contribution < -0.4 is 15.0 Å². The molecule has 2 rings (SSSR count). The molecule has 3 nitrogen and oxygen atoms in total. The van der Waals surface area contributed by atoms with Gasteiger partial charge in [0.05, 0.1) is 13.2 Å². The molecule has 0 saturated carbocycles. The zero-order valence-corrected chi connectivity index (χ0v) is 13.3. The minimum Gasteiger partial charge on any atom is -0.497 e. The Kier molecular flexibility index (Phi) is 5.23. The first-order valence-electron chi connectivity index (χ1n) is 7.30. The highest BCUT2D eigenvalue weighted by Crippen LogP contribution is 2.27. The Bertz CT molecular complexity index is 581. The molecule has 112 valence electrons. The highest BCUT2D eigenvalue weighted by Gasteiger charge is 2.14. The van der Waals surface area contributed by atoms with Gasteiger partial charge in [-0.1, -0.05) is 31.2 Å². The van der Waals surface area contributed by atoms with Crippen molar-refractivity contribution in [2.24, 2.45) is 0 Å². The summed E-state index contributed by atoms with van der Waals surface area (Å²) in [6.07, 6.45) is 0. The van der Waals surface area contributed by atoms with Crippen molar-refractivity contribution in [2.75, 3.05) is 32.6 Å². The number of methoxy groups -OCH3 is 1. The topological polar surface area (TPSA) is 24.5 Å². The second-order valence-electron chi connectivity index (χ2n) is 5.26. The molecule has 1 N–H and O–H groups in total. The van der Waals surface area contributed by atoms with Gasteiger partial charge in [-0.15, -0.1) is 0 Å². The summed E-state index contributed by atoms with van der Waals surface area (Å²) >= 11 is 0. The number of anilines is 1. The van der Waals surface area contributed by atoms with Crippen molar-refractivity contribution in [3.8, 4) is 5.75 Å². The van der Waals surface area contributed by atoms with Gasteiger partial charge >= 0.3 is 0 Å². The third kappa shape index (κ3) is 3.76. The summed E-state index contributed by atoms with van der Waals surface area (Å²) in [5.41, 5.74) is 3.68. The molecule has 0 bridgehead atoms. The van der Waals surface area contributed by atoms with Crippen LogP contribution in [0.3, 0.4) is 0 Å². The Hall–Kier alpha value is -2.00. The Morgan fingerprint density at radius 1 is 1.05 bits per heavy atom. The summed E-state index contributed by atoms with van der Waals surface area (Å²) in [6, 6.07) is 17.0. The number of ether oxygens (including phenoxy) is 1. The fraction of sp³-hybridized carbons (Fsp3) is 0.333. The molecule has 2 aromatic rings. The molecule has 0 heterocycles. The Labute approximate surface area is 127 Å². The van der Waals surface area contributed by atoms with Crippen LogP contribution in [0.15, 0.2) is 48.5 Å². The van der Waals surface area contributed by atoms with E-state index in [0.717, 1.165) is 12.3 Å². The number of hydrogen-bond donors (Lipinski definition) is 1. The van der Waals surface area contributed by atoms with Crippen LogP contribution >= 0.6 is 0 Å². The van der Waals surface area contributed by atoms with Gasteiger partial charge in [0.1, 0.15) is 5.75 Å². The van der Waals surface area contributed by atoms with E-state index < -0.39 is 0 Å². The highest BCUT2D eigenvalue weighted by molar-refractivity contribution is 5.49. The average molecular weight is 284 g/mol. The van der Waals surface area contributed by atoms with Gasteiger partial charge in [0.2, 0.25) is 0 Å². The number of hydrogen-bond acceptors (Lipinski definition) is 3. The minimum absolute atomic E-state index is 0.171. The number of nitrogens with one attached hydrogen (secondary N) is 1. The molecule has 0 amide bonds. The van der Waals surface area contributed by atoms with E-state index in [-0.39, 0.29) is 6.04 Å². The van der Waals surface area contributed by atoms with Gasteiger partial charge in [-0.2, -0.15) is 0 Å². The first-order chi connectivity index (χ1) is 10.2. The standard InChI is InChI=1S/C18H24N2O/c1-5-19-18(15-9-7-11-17(13-15)21-4)14-8-6-10-16(12-14)20(2)3/h6-13,18-19H,5H2,1-4H3. The Morgan fingerprint density at radius 3 is 2.33 bits per heavy atom. The quantitative estimate of drug-likeness (QED) is 0.879. The van der Waals surface area contributed by atoms with Crippen molar-refractivity contribution in [1.82, 2.24) is 5.32 Å². The maximum absolute atomic E-state index is 5.34. The second kappa shape index (κ2) is 7.14. The Balaban J connectivity index is 2.40. The lowest BCUT2D eigenvalue weighted by atomic mass is 9.98. The molecular formula is C18H24N2O. The first kappa shape index (κ1) is 15.4. The van der Waals surface area contributed by atoms with Crippen LogP contribution in [0.2, 0.25) is 0 Å². The predicted octanol–water partition coefficient (Wildman–Crippen LogP) is 3.46. The second-order valence-corrected chi connectivity index (χ2v) is 5.26. The van der Waals surface area contributed by atoms with Crippen molar-refractivity contribution in [3.63, 3.8) is 0 Å². The molecule has 1 atom stereocenters. The molecule has 0 saturated heterocycles.